The highest BCUT2D eigenvalue weighted by atomic mass is 16.5. The molecule has 1 aromatic carbocycles. The first-order valence-electron chi connectivity index (χ1n) is 7.47. The molecule has 0 unspecified atom stereocenters. The topological polar surface area (TPSA) is 91.7 Å². The number of rotatable bonds is 5. The number of benzene rings is 1. The van der Waals surface area contributed by atoms with Crippen LogP contribution in [0.15, 0.2) is 60.4 Å². The standard InChI is InChI=1S/C19H14N4O2/c1-25-17-6-4-13(5-7-17)19(24)15(11-20)9-16-10-18(23-22-16)14-3-2-8-21-12-14/h2-10,12H,1H3,(H,22,23). The first kappa shape index (κ1) is 16.1. The van der Waals surface area contributed by atoms with Crippen LogP contribution in [0.1, 0.15) is 16.1 Å². The van der Waals surface area contributed by atoms with Crippen LogP contribution < -0.4 is 4.74 Å². The van der Waals surface area contributed by atoms with Gasteiger partial charge in [0, 0.05) is 23.5 Å². The number of carbonyl (C=O) groups excluding carboxylic acids is 1. The fourth-order valence-corrected chi connectivity index (χ4v) is 2.27. The van der Waals surface area contributed by atoms with Crippen LogP contribution in [0, 0.1) is 11.3 Å². The zero-order valence-corrected chi connectivity index (χ0v) is 13.4. The maximum Gasteiger partial charge on any atom is 0.203 e. The predicted molar refractivity (Wildman–Crippen MR) is 92.7 cm³/mol. The lowest BCUT2D eigenvalue weighted by Gasteiger charge is -2.01. The highest BCUT2D eigenvalue weighted by molar-refractivity contribution is 6.14. The molecule has 1 N–H and O–H groups in total. The van der Waals surface area contributed by atoms with Crippen molar-refractivity contribution in [3.8, 4) is 23.1 Å². The van der Waals surface area contributed by atoms with Crippen LogP contribution in [0.4, 0.5) is 0 Å². The Balaban J connectivity index is 1.86. The Morgan fingerprint density at radius 2 is 2.08 bits per heavy atom. The monoisotopic (exact) mass is 330 g/mol. The number of ketones is 1. The Morgan fingerprint density at radius 1 is 1.28 bits per heavy atom. The number of nitriles is 1. The van der Waals surface area contributed by atoms with Crippen LogP contribution in [-0.4, -0.2) is 28.1 Å². The number of aromatic amines is 1. The molecule has 0 bridgehead atoms. The molecule has 0 aliphatic rings. The van der Waals surface area contributed by atoms with Gasteiger partial charge in [-0.25, -0.2) is 0 Å². The van der Waals surface area contributed by atoms with Crippen LogP contribution in [0.3, 0.4) is 0 Å². The third kappa shape index (κ3) is 3.62. The lowest BCUT2D eigenvalue weighted by molar-refractivity contribution is 0.104. The molecule has 122 valence electrons. The highest BCUT2D eigenvalue weighted by Crippen LogP contribution is 2.19. The quantitative estimate of drug-likeness (QED) is 0.440. The van der Waals surface area contributed by atoms with Gasteiger partial charge in [0.05, 0.1) is 18.5 Å². The van der Waals surface area contributed by atoms with Crippen LogP contribution in [0.25, 0.3) is 17.3 Å². The SMILES string of the molecule is COc1ccc(C(=O)C(C#N)=Cc2cc(-c3cccnc3)n[nH]2)cc1. The molecule has 0 amide bonds. The molecule has 6 heteroatoms. The number of nitrogens with zero attached hydrogens (tertiary/aromatic N) is 3. The fraction of sp³-hybridized carbons (Fsp3) is 0.0526. The predicted octanol–water partition coefficient (Wildman–Crippen LogP) is 3.27. The number of pyridine rings is 1. The van der Waals surface area contributed by atoms with E-state index in [2.05, 4.69) is 15.2 Å². The van der Waals surface area contributed by atoms with E-state index in [1.54, 1.807) is 49.8 Å². The molecule has 0 saturated heterocycles. The summed E-state index contributed by atoms with van der Waals surface area (Å²) in [4.78, 5) is 16.5. The summed E-state index contributed by atoms with van der Waals surface area (Å²) >= 11 is 0. The molecule has 0 fully saturated rings. The number of hydrogen-bond donors (Lipinski definition) is 1. The van der Waals surface area contributed by atoms with Crippen molar-refractivity contribution in [2.45, 2.75) is 0 Å². The smallest absolute Gasteiger partial charge is 0.203 e. The number of Topliss-reactive ketones (excluding diaryl/α,β-unsaturated/α-hetero) is 1. The van der Waals surface area contributed by atoms with Crippen LogP contribution >= 0.6 is 0 Å². The second-order valence-corrected chi connectivity index (χ2v) is 5.18. The van der Waals surface area contributed by atoms with Crippen LogP contribution in [0.2, 0.25) is 0 Å². The van der Waals surface area contributed by atoms with E-state index >= 15 is 0 Å². The number of ether oxygens (including phenoxy) is 1. The van der Waals surface area contributed by atoms with E-state index in [4.69, 9.17) is 4.74 Å². The van der Waals surface area contributed by atoms with Gasteiger partial charge in [0.1, 0.15) is 17.4 Å². The third-order valence-corrected chi connectivity index (χ3v) is 3.57. The molecule has 6 nitrogen and oxygen atoms in total. The largest absolute Gasteiger partial charge is 0.497 e. The Morgan fingerprint density at radius 3 is 2.72 bits per heavy atom. The molecule has 0 aliphatic carbocycles. The van der Waals surface area contributed by atoms with E-state index in [0.717, 1.165) is 5.56 Å². The minimum atomic E-state index is -0.359. The van der Waals surface area contributed by atoms with Gasteiger partial charge in [0.15, 0.2) is 0 Å². The second-order valence-electron chi connectivity index (χ2n) is 5.18. The van der Waals surface area contributed by atoms with E-state index < -0.39 is 0 Å². The number of nitrogens with one attached hydrogen (secondary N) is 1. The van der Waals surface area contributed by atoms with E-state index in [1.807, 2.05) is 18.2 Å². The number of allylic oxidation sites excluding steroid dienone is 1. The third-order valence-electron chi connectivity index (χ3n) is 3.57. The molecule has 0 radical (unpaired) electrons. The van der Waals surface area contributed by atoms with Crippen molar-refractivity contribution in [2.75, 3.05) is 7.11 Å². The molecular weight excluding hydrogens is 316 g/mol. The zero-order chi connectivity index (χ0) is 17.6. The summed E-state index contributed by atoms with van der Waals surface area (Å²) in [7, 11) is 1.55. The van der Waals surface area contributed by atoms with Gasteiger partial charge in [0.2, 0.25) is 5.78 Å². The van der Waals surface area contributed by atoms with Crippen LogP contribution in [0.5, 0.6) is 5.75 Å². The molecule has 0 saturated carbocycles. The van der Waals surface area contributed by atoms with Gasteiger partial charge >= 0.3 is 0 Å². The Hall–Kier alpha value is -3.72. The van der Waals surface area contributed by atoms with Crippen molar-refractivity contribution in [3.63, 3.8) is 0 Å². The number of methoxy groups -OCH3 is 1. The number of carbonyl (C=O) groups is 1. The highest BCUT2D eigenvalue weighted by Gasteiger charge is 2.13. The van der Waals surface area contributed by atoms with Gasteiger partial charge in [-0.2, -0.15) is 10.4 Å². The molecule has 3 aromatic rings. The number of hydrogen-bond acceptors (Lipinski definition) is 5. The van der Waals surface area contributed by atoms with Crippen molar-refractivity contribution in [3.05, 3.63) is 71.7 Å². The lowest BCUT2D eigenvalue weighted by Crippen LogP contribution is -2.02. The maximum absolute atomic E-state index is 12.5. The summed E-state index contributed by atoms with van der Waals surface area (Å²) in [6.45, 7) is 0. The second kappa shape index (κ2) is 7.23. The van der Waals surface area contributed by atoms with Gasteiger partial charge in [-0.1, -0.05) is 0 Å². The molecular formula is C19H14N4O2. The summed E-state index contributed by atoms with van der Waals surface area (Å²) < 4.78 is 5.07. The molecule has 0 atom stereocenters. The van der Waals surface area contributed by atoms with Crippen LogP contribution in [-0.2, 0) is 0 Å². The van der Waals surface area contributed by atoms with Gasteiger partial charge in [-0.3, -0.25) is 14.9 Å². The van der Waals surface area contributed by atoms with E-state index in [-0.39, 0.29) is 11.4 Å². The van der Waals surface area contributed by atoms with E-state index in [0.29, 0.717) is 22.7 Å². The molecule has 2 aromatic heterocycles. The zero-order valence-electron chi connectivity index (χ0n) is 13.4. The van der Waals surface area contributed by atoms with Gasteiger partial charge in [-0.15, -0.1) is 0 Å². The molecule has 2 heterocycles. The number of aromatic nitrogens is 3. The fourth-order valence-electron chi connectivity index (χ4n) is 2.27. The van der Waals surface area contributed by atoms with Crippen molar-refractivity contribution in [1.29, 1.82) is 5.26 Å². The Labute approximate surface area is 144 Å². The normalized spacial score (nSPS) is 11.0. The average molecular weight is 330 g/mol. The van der Waals surface area contributed by atoms with E-state index in [9.17, 15) is 10.1 Å². The first-order valence-corrected chi connectivity index (χ1v) is 7.47. The van der Waals surface area contributed by atoms with E-state index in [1.165, 1.54) is 6.08 Å². The molecule has 25 heavy (non-hydrogen) atoms. The van der Waals surface area contributed by atoms with Crippen molar-refractivity contribution in [1.82, 2.24) is 15.2 Å². The molecule has 0 aliphatic heterocycles. The van der Waals surface area contributed by atoms with Crippen molar-refractivity contribution in [2.24, 2.45) is 0 Å². The first-order chi connectivity index (χ1) is 12.2. The Bertz CT molecular complexity index is 951. The summed E-state index contributed by atoms with van der Waals surface area (Å²) in [6, 6.07) is 14.0. The lowest BCUT2D eigenvalue weighted by atomic mass is 10.0. The molecule has 3 rings (SSSR count). The average Bonchev–Trinajstić information content (AvgIpc) is 3.15. The minimum Gasteiger partial charge on any atom is -0.497 e. The van der Waals surface area contributed by atoms with Crippen molar-refractivity contribution >= 4 is 11.9 Å². The minimum absolute atomic E-state index is 0.0200. The summed E-state index contributed by atoms with van der Waals surface area (Å²) in [5.41, 5.74) is 2.54. The summed E-state index contributed by atoms with van der Waals surface area (Å²) in [6.07, 6.45) is 4.86. The van der Waals surface area contributed by atoms with Gasteiger partial charge in [-0.05, 0) is 48.5 Å². The number of H-pyrrole nitrogens is 1. The van der Waals surface area contributed by atoms with Gasteiger partial charge in [0.25, 0.3) is 0 Å². The maximum atomic E-state index is 12.5. The Kier molecular flexibility index (Phi) is 4.67. The van der Waals surface area contributed by atoms with Gasteiger partial charge < -0.3 is 4.74 Å². The summed E-state index contributed by atoms with van der Waals surface area (Å²) in [5, 5.41) is 16.3. The van der Waals surface area contributed by atoms with Crippen molar-refractivity contribution < 1.29 is 9.53 Å². The molecule has 0 spiro atoms. The summed E-state index contributed by atoms with van der Waals surface area (Å²) in [5.74, 6) is 0.288.